The average molecular weight is 226 g/mol. The van der Waals surface area contributed by atoms with E-state index >= 15 is 0 Å². The maximum Gasteiger partial charge on any atom is 0.331 e. The molecular formula is C10H14N2O4. The first-order chi connectivity index (χ1) is 7.52. The molecule has 0 unspecified atom stereocenters. The number of nitrogens with zero attached hydrogens (tertiary/aromatic N) is 1. The fourth-order valence-corrected chi connectivity index (χ4v) is 1.45. The van der Waals surface area contributed by atoms with E-state index in [1.54, 1.807) is 11.8 Å². The summed E-state index contributed by atoms with van der Waals surface area (Å²) in [5, 5.41) is 11.0. The molecule has 2 amide bonds. The molecule has 0 radical (unpaired) electrons. The molecule has 0 saturated carbocycles. The summed E-state index contributed by atoms with van der Waals surface area (Å²) < 4.78 is 0. The highest BCUT2D eigenvalue weighted by molar-refractivity contribution is 5.99. The first kappa shape index (κ1) is 12.4. The van der Waals surface area contributed by atoms with Crippen LogP contribution in [-0.2, 0) is 14.4 Å². The average Bonchev–Trinajstić information content (AvgIpc) is 2.16. The van der Waals surface area contributed by atoms with Gasteiger partial charge in [0, 0.05) is 12.1 Å². The van der Waals surface area contributed by atoms with Gasteiger partial charge in [-0.25, -0.2) is 4.79 Å². The van der Waals surface area contributed by atoms with Crippen molar-refractivity contribution < 1.29 is 19.5 Å². The van der Waals surface area contributed by atoms with Gasteiger partial charge in [0.2, 0.25) is 11.8 Å². The molecule has 0 bridgehead atoms. The van der Waals surface area contributed by atoms with Crippen LogP contribution in [0.15, 0.2) is 11.6 Å². The minimum Gasteiger partial charge on any atom is -0.478 e. The van der Waals surface area contributed by atoms with Crippen LogP contribution >= 0.6 is 0 Å². The zero-order chi connectivity index (χ0) is 12.1. The number of nitrogens with one attached hydrogen (secondary N) is 1. The molecule has 1 heterocycles. The molecule has 1 saturated heterocycles. The fourth-order valence-electron chi connectivity index (χ4n) is 1.45. The monoisotopic (exact) mass is 226 g/mol. The Balaban J connectivity index is 2.57. The van der Waals surface area contributed by atoms with E-state index in [-0.39, 0.29) is 24.9 Å². The summed E-state index contributed by atoms with van der Waals surface area (Å²) in [6.07, 6.45) is 1.96. The first-order valence-corrected chi connectivity index (χ1v) is 5.00. The van der Waals surface area contributed by atoms with Gasteiger partial charge >= 0.3 is 5.97 Å². The molecule has 1 aliphatic rings. The molecule has 1 rings (SSSR count). The van der Waals surface area contributed by atoms with Crippen molar-refractivity contribution in [2.75, 3.05) is 19.6 Å². The van der Waals surface area contributed by atoms with Gasteiger partial charge in [-0.15, -0.1) is 0 Å². The highest BCUT2D eigenvalue weighted by Gasteiger charge is 2.21. The van der Waals surface area contributed by atoms with Crippen LogP contribution in [0.4, 0.5) is 0 Å². The van der Waals surface area contributed by atoms with Crippen molar-refractivity contribution in [2.45, 2.75) is 13.3 Å². The summed E-state index contributed by atoms with van der Waals surface area (Å²) >= 11 is 0. The second kappa shape index (κ2) is 5.41. The second-order valence-corrected chi connectivity index (χ2v) is 3.53. The number of rotatable bonds is 4. The fraction of sp³-hybridized carbons (Fsp3) is 0.500. The van der Waals surface area contributed by atoms with E-state index in [1.165, 1.54) is 6.08 Å². The van der Waals surface area contributed by atoms with Gasteiger partial charge in [0.1, 0.15) is 0 Å². The number of aliphatic carboxylic acids is 1. The van der Waals surface area contributed by atoms with Crippen LogP contribution in [0.25, 0.3) is 0 Å². The molecule has 2 N–H and O–H groups in total. The zero-order valence-corrected chi connectivity index (χ0v) is 9.02. The van der Waals surface area contributed by atoms with E-state index in [0.717, 1.165) is 0 Å². The number of hydrogen-bond donors (Lipinski definition) is 2. The molecule has 0 aliphatic carbocycles. The van der Waals surface area contributed by atoms with Gasteiger partial charge in [-0.1, -0.05) is 13.0 Å². The highest BCUT2D eigenvalue weighted by Crippen LogP contribution is 2.02. The molecule has 0 aromatic rings. The van der Waals surface area contributed by atoms with E-state index in [2.05, 4.69) is 5.32 Å². The van der Waals surface area contributed by atoms with Crippen LogP contribution in [0, 0.1) is 0 Å². The number of carboxylic acid groups (broad SMARTS) is 1. The molecule has 6 nitrogen and oxygen atoms in total. The Labute approximate surface area is 92.9 Å². The van der Waals surface area contributed by atoms with Crippen molar-refractivity contribution in [1.29, 1.82) is 0 Å². The molecule has 16 heavy (non-hydrogen) atoms. The summed E-state index contributed by atoms with van der Waals surface area (Å²) in [5.74, 6) is -1.66. The summed E-state index contributed by atoms with van der Waals surface area (Å²) in [6, 6.07) is 0. The number of hydrogen-bond acceptors (Lipinski definition) is 4. The summed E-state index contributed by atoms with van der Waals surface area (Å²) in [5.41, 5.74) is 0.290. The summed E-state index contributed by atoms with van der Waals surface area (Å²) in [6.45, 7) is 2.29. The van der Waals surface area contributed by atoms with Crippen molar-refractivity contribution in [3.63, 3.8) is 0 Å². The SMILES string of the molecule is CCC(=CCN1CC(=O)NC(=O)C1)C(=O)O. The number of carbonyl (C=O) groups is 3. The highest BCUT2D eigenvalue weighted by atomic mass is 16.4. The van der Waals surface area contributed by atoms with Crippen LogP contribution in [0.5, 0.6) is 0 Å². The lowest BCUT2D eigenvalue weighted by Gasteiger charge is -2.23. The third-order valence-electron chi connectivity index (χ3n) is 2.26. The van der Waals surface area contributed by atoms with Crippen molar-refractivity contribution in [3.8, 4) is 0 Å². The van der Waals surface area contributed by atoms with E-state index in [9.17, 15) is 14.4 Å². The molecular weight excluding hydrogens is 212 g/mol. The molecule has 6 heteroatoms. The Morgan fingerprint density at radius 1 is 1.44 bits per heavy atom. The normalized spacial score (nSPS) is 18.4. The molecule has 0 aromatic heterocycles. The maximum atomic E-state index is 11.0. The Morgan fingerprint density at radius 2 is 2.00 bits per heavy atom. The lowest BCUT2D eigenvalue weighted by molar-refractivity contribution is -0.135. The number of imide groups is 1. The Kier molecular flexibility index (Phi) is 4.19. The Hall–Kier alpha value is -1.69. The van der Waals surface area contributed by atoms with Crippen LogP contribution in [0.3, 0.4) is 0 Å². The Morgan fingerprint density at radius 3 is 2.44 bits per heavy atom. The van der Waals surface area contributed by atoms with Crippen molar-refractivity contribution in [3.05, 3.63) is 11.6 Å². The van der Waals surface area contributed by atoms with Gasteiger partial charge in [0.25, 0.3) is 0 Å². The third-order valence-corrected chi connectivity index (χ3v) is 2.26. The summed E-state index contributed by atoms with van der Waals surface area (Å²) in [7, 11) is 0. The topological polar surface area (TPSA) is 86.7 Å². The van der Waals surface area contributed by atoms with Crippen LogP contribution in [-0.4, -0.2) is 47.4 Å². The molecule has 88 valence electrons. The van der Waals surface area contributed by atoms with Crippen molar-refractivity contribution in [1.82, 2.24) is 10.2 Å². The van der Waals surface area contributed by atoms with Crippen LogP contribution in [0.1, 0.15) is 13.3 Å². The Bertz CT molecular complexity index is 333. The largest absolute Gasteiger partial charge is 0.478 e. The lowest BCUT2D eigenvalue weighted by Crippen LogP contribution is -2.51. The number of carboxylic acids is 1. The van der Waals surface area contributed by atoms with Gasteiger partial charge in [-0.2, -0.15) is 0 Å². The standard InChI is InChI=1S/C10H14N2O4/c1-2-7(10(15)16)3-4-12-5-8(13)11-9(14)6-12/h3H,2,4-6H2,1H3,(H,15,16)(H,11,13,14). The number of carbonyl (C=O) groups excluding carboxylic acids is 2. The van der Waals surface area contributed by atoms with E-state index < -0.39 is 5.97 Å². The minimum absolute atomic E-state index is 0.124. The van der Waals surface area contributed by atoms with Gasteiger partial charge in [0.05, 0.1) is 13.1 Å². The number of piperazine rings is 1. The second-order valence-electron chi connectivity index (χ2n) is 3.53. The zero-order valence-electron chi connectivity index (χ0n) is 9.02. The predicted molar refractivity (Wildman–Crippen MR) is 55.6 cm³/mol. The molecule has 1 fully saturated rings. The van der Waals surface area contributed by atoms with Gasteiger partial charge in [-0.05, 0) is 6.42 Å². The summed E-state index contributed by atoms with van der Waals surface area (Å²) in [4.78, 5) is 34.3. The lowest BCUT2D eigenvalue weighted by atomic mass is 10.2. The van der Waals surface area contributed by atoms with E-state index in [0.29, 0.717) is 18.5 Å². The first-order valence-electron chi connectivity index (χ1n) is 5.00. The van der Waals surface area contributed by atoms with E-state index in [4.69, 9.17) is 5.11 Å². The van der Waals surface area contributed by atoms with Crippen LogP contribution < -0.4 is 5.32 Å². The van der Waals surface area contributed by atoms with Crippen LogP contribution in [0.2, 0.25) is 0 Å². The quantitative estimate of drug-likeness (QED) is 0.492. The van der Waals surface area contributed by atoms with E-state index in [1.807, 2.05) is 0 Å². The van der Waals surface area contributed by atoms with Crippen molar-refractivity contribution in [2.24, 2.45) is 0 Å². The van der Waals surface area contributed by atoms with Gasteiger partial charge < -0.3 is 5.11 Å². The minimum atomic E-state index is -0.963. The molecule has 1 aliphatic heterocycles. The van der Waals surface area contributed by atoms with Gasteiger partial charge in [-0.3, -0.25) is 19.8 Å². The van der Waals surface area contributed by atoms with Crippen molar-refractivity contribution >= 4 is 17.8 Å². The van der Waals surface area contributed by atoms with Gasteiger partial charge in [0.15, 0.2) is 0 Å². The predicted octanol–water partition coefficient (Wildman–Crippen LogP) is -0.634. The molecule has 0 aromatic carbocycles. The third kappa shape index (κ3) is 3.47. The maximum absolute atomic E-state index is 11.0. The smallest absolute Gasteiger partial charge is 0.331 e. The number of amides is 2. The molecule has 0 spiro atoms. The molecule has 0 atom stereocenters.